The largest absolute Gasteiger partial charge is 0.351 e. The normalized spacial score (nSPS) is 12.2. The molecule has 8 heteroatoms. The number of halogens is 1. The molecule has 0 spiro atoms. The third-order valence-electron chi connectivity index (χ3n) is 4.31. The lowest BCUT2D eigenvalue weighted by Crippen LogP contribution is -2.25. The minimum atomic E-state index is -1.33. The van der Waals surface area contributed by atoms with Crippen molar-refractivity contribution in [1.82, 2.24) is 29.5 Å². The zero-order valence-corrected chi connectivity index (χ0v) is 15.1. The Morgan fingerprint density at radius 2 is 2.04 bits per heavy atom. The Balaban J connectivity index is 1.72. The molecule has 7 nitrogen and oxygen atoms in total. The standard InChI is InChI=1S/C18H20FN7/c1-10-23-14-6-5-13(24-16(14)26(10)4)11-7-20-15-12(11)8-21-17(25-15)22-9-18(2,3)19/h5-8H,9H2,1-4H3,(H2,20,21,22,25). The topological polar surface area (TPSA) is 84.3 Å². The summed E-state index contributed by atoms with van der Waals surface area (Å²) in [6.07, 6.45) is 3.59. The zero-order chi connectivity index (χ0) is 18.5. The number of aromatic amines is 1. The summed E-state index contributed by atoms with van der Waals surface area (Å²) in [5.74, 6) is 1.31. The van der Waals surface area contributed by atoms with Gasteiger partial charge < -0.3 is 14.9 Å². The first-order chi connectivity index (χ1) is 12.3. The first-order valence-corrected chi connectivity index (χ1v) is 8.39. The van der Waals surface area contributed by atoms with E-state index in [1.807, 2.05) is 36.9 Å². The van der Waals surface area contributed by atoms with Gasteiger partial charge >= 0.3 is 0 Å². The van der Waals surface area contributed by atoms with Crippen molar-refractivity contribution in [1.29, 1.82) is 0 Å². The highest BCUT2D eigenvalue weighted by molar-refractivity contribution is 5.93. The minimum Gasteiger partial charge on any atom is -0.351 e. The number of pyridine rings is 1. The summed E-state index contributed by atoms with van der Waals surface area (Å²) in [7, 11) is 1.95. The van der Waals surface area contributed by atoms with Gasteiger partial charge in [0.25, 0.3) is 0 Å². The van der Waals surface area contributed by atoms with Gasteiger partial charge in [-0.25, -0.2) is 19.3 Å². The molecule has 0 saturated heterocycles. The van der Waals surface area contributed by atoms with Gasteiger partial charge in [-0.05, 0) is 32.9 Å². The maximum atomic E-state index is 13.6. The molecule has 0 bridgehead atoms. The number of alkyl halides is 1. The van der Waals surface area contributed by atoms with Crippen molar-refractivity contribution >= 4 is 28.1 Å². The Morgan fingerprint density at radius 1 is 1.23 bits per heavy atom. The Hall–Kier alpha value is -3.03. The summed E-state index contributed by atoms with van der Waals surface area (Å²) in [4.78, 5) is 21.1. The summed E-state index contributed by atoms with van der Waals surface area (Å²) in [5.41, 5.74) is 2.78. The van der Waals surface area contributed by atoms with Crippen molar-refractivity contribution in [2.24, 2.45) is 7.05 Å². The molecular formula is C18H20FN7. The monoisotopic (exact) mass is 353 g/mol. The molecule has 0 amide bonds. The van der Waals surface area contributed by atoms with Gasteiger partial charge in [-0.3, -0.25) is 0 Å². The lowest BCUT2D eigenvalue weighted by molar-refractivity contribution is 0.234. The SMILES string of the molecule is Cc1nc2ccc(-c3c[nH]c4nc(NCC(C)(C)F)ncc34)nc2n1C. The van der Waals surface area contributed by atoms with E-state index in [2.05, 4.69) is 25.3 Å². The molecular weight excluding hydrogens is 333 g/mol. The van der Waals surface area contributed by atoms with Crippen LogP contribution < -0.4 is 5.32 Å². The predicted octanol–water partition coefficient (Wildman–Crippen LogP) is 3.38. The van der Waals surface area contributed by atoms with Crippen molar-refractivity contribution in [2.45, 2.75) is 26.4 Å². The zero-order valence-electron chi connectivity index (χ0n) is 15.1. The summed E-state index contributed by atoms with van der Waals surface area (Å²) in [6.45, 7) is 5.11. The van der Waals surface area contributed by atoms with Crippen molar-refractivity contribution in [3.8, 4) is 11.3 Å². The van der Waals surface area contributed by atoms with Crippen LogP contribution >= 0.6 is 0 Å². The molecule has 0 aromatic carbocycles. The van der Waals surface area contributed by atoms with Crippen molar-refractivity contribution in [2.75, 3.05) is 11.9 Å². The van der Waals surface area contributed by atoms with Crippen LogP contribution in [0, 0.1) is 6.92 Å². The predicted molar refractivity (Wildman–Crippen MR) is 99.8 cm³/mol. The maximum Gasteiger partial charge on any atom is 0.224 e. The molecule has 4 aromatic heterocycles. The summed E-state index contributed by atoms with van der Waals surface area (Å²) in [6, 6.07) is 3.90. The number of nitrogens with zero attached hydrogens (tertiary/aromatic N) is 5. The van der Waals surface area contributed by atoms with Gasteiger partial charge in [0.1, 0.15) is 22.7 Å². The van der Waals surface area contributed by atoms with E-state index in [4.69, 9.17) is 4.98 Å². The smallest absolute Gasteiger partial charge is 0.224 e. The van der Waals surface area contributed by atoms with Crippen LogP contribution in [0.3, 0.4) is 0 Å². The van der Waals surface area contributed by atoms with Crippen LogP contribution in [0.5, 0.6) is 0 Å². The molecule has 0 fully saturated rings. The summed E-state index contributed by atoms with van der Waals surface area (Å²) >= 11 is 0. The molecule has 0 atom stereocenters. The lowest BCUT2D eigenvalue weighted by atomic mass is 10.1. The fraction of sp³-hybridized carbons (Fsp3) is 0.333. The average molecular weight is 353 g/mol. The molecule has 4 heterocycles. The third-order valence-corrected chi connectivity index (χ3v) is 4.31. The van der Waals surface area contributed by atoms with E-state index in [-0.39, 0.29) is 6.54 Å². The van der Waals surface area contributed by atoms with Crippen LogP contribution in [0.15, 0.2) is 24.5 Å². The number of fused-ring (bicyclic) bond motifs is 2. The molecule has 0 aliphatic heterocycles. The van der Waals surface area contributed by atoms with Crippen molar-refractivity contribution < 1.29 is 4.39 Å². The van der Waals surface area contributed by atoms with E-state index in [1.165, 1.54) is 13.8 Å². The van der Waals surface area contributed by atoms with Gasteiger partial charge in [0.05, 0.1) is 12.2 Å². The van der Waals surface area contributed by atoms with Crippen LogP contribution in [0.25, 0.3) is 33.5 Å². The molecule has 0 unspecified atom stereocenters. The van der Waals surface area contributed by atoms with Crippen LogP contribution in [0.4, 0.5) is 10.3 Å². The molecule has 2 N–H and O–H groups in total. The highest BCUT2D eigenvalue weighted by atomic mass is 19.1. The van der Waals surface area contributed by atoms with Gasteiger partial charge in [0, 0.05) is 30.4 Å². The maximum absolute atomic E-state index is 13.6. The molecule has 0 saturated carbocycles. The highest BCUT2D eigenvalue weighted by Crippen LogP contribution is 2.28. The number of nitrogens with one attached hydrogen (secondary N) is 2. The van der Waals surface area contributed by atoms with Gasteiger partial charge in [0.15, 0.2) is 5.65 Å². The van der Waals surface area contributed by atoms with E-state index in [9.17, 15) is 4.39 Å². The third kappa shape index (κ3) is 2.87. The second-order valence-corrected chi connectivity index (χ2v) is 6.99. The quantitative estimate of drug-likeness (QED) is 0.588. The van der Waals surface area contributed by atoms with E-state index in [0.717, 1.165) is 33.6 Å². The van der Waals surface area contributed by atoms with Crippen LogP contribution in [-0.2, 0) is 7.05 Å². The second-order valence-electron chi connectivity index (χ2n) is 6.99. The van der Waals surface area contributed by atoms with Crippen molar-refractivity contribution in [3.05, 3.63) is 30.4 Å². The number of anilines is 1. The van der Waals surface area contributed by atoms with Gasteiger partial charge in [-0.2, -0.15) is 4.98 Å². The summed E-state index contributed by atoms with van der Waals surface area (Å²) < 4.78 is 15.6. The highest BCUT2D eigenvalue weighted by Gasteiger charge is 2.16. The fourth-order valence-corrected chi connectivity index (χ4v) is 2.82. The second kappa shape index (κ2) is 5.76. The summed E-state index contributed by atoms with van der Waals surface area (Å²) in [5, 5.41) is 3.78. The number of imidazole rings is 1. The van der Waals surface area contributed by atoms with Gasteiger partial charge in [-0.15, -0.1) is 0 Å². The van der Waals surface area contributed by atoms with Gasteiger partial charge in [-0.1, -0.05) is 0 Å². The van der Waals surface area contributed by atoms with E-state index in [0.29, 0.717) is 11.6 Å². The molecule has 4 rings (SSSR count). The van der Waals surface area contributed by atoms with Crippen LogP contribution in [0.1, 0.15) is 19.7 Å². The molecule has 0 radical (unpaired) electrons. The lowest BCUT2D eigenvalue weighted by Gasteiger charge is -2.14. The van der Waals surface area contributed by atoms with Crippen molar-refractivity contribution in [3.63, 3.8) is 0 Å². The van der Waals surface area contributed by atoms with E-state index < -0.39 is 5.67 Å². The van der Waals surface area contributed by atoms with Crippen LogP contribution in [-0.4, -0.2) is 41.7 Å². The fourth-order valence-electron chi connectivity index (χ4n) is 2.82. The molecule has 0 aliphatic carbocycles. The van der Waals surface area contributed by atoms with E-state index in [1.54, 1.807) is 6.20 Å². The number of aromatic nitrogens is 6. The Bertz CT molecular complexity index is 1100. The number of rotatable bonds is 4. The molecule has 4 aromatic rings. The van der Waals surface area contributed by atoms with E-state index >= 15 is 0 Å². The Morgan fingerprint density at radius 3 is 2.81 bits per heavy atom. The number of aryl methyl sites for hydroxylation is 2. The Kier molecular flexibility index (Phi) is 3.64. The molecule has 26 heavy (non-hydrogen) atoms. The first-order valence-electron chi connectivity index (χ1n) is 8.39. The first kappa shape index (κ1) is 16.4. The van der Waals surface area contributed by atoms with Gasteiger partial charge in [0.2, 0.25) is 5.95 Å². The molecule has 0 aliphatic rings. The average Bonchev–Trinajstić information content (AvgIpc) is 3.13. The Labute approximate surface area is 149 Å². The number of H-pyrrole nitrogens is 1. The number of hydrogen-bond acceptors (Lipinski definition) is 5. The minimum absolute atomic E-state index is 0.143. The van der Waals surface area contributed by atoms with Crippen LogP contribution in [0.2, 0.25) is 0 Å². The number of hydrogen-bond donors (Lipinski definition) is 2. The molecule has 134 valence electrons.